The fraction of sp³-hybridized carbons (Fsp3) is 0.100. The van der Waals surface area contributed by atoms with Gasteiger partial charge >= 0.3 is 0 Å². The molecule has 0 atom stereocenters. The van der Waals surface area contributed by atoms with Crippen LogP contribution in [0.3, 0.4) is 0 Å². The van der Waals surface area contributed by atoms with Gasteiger partial charge in [-0.25, -0.2) is 9.97 Å². The Morgan fingerprint density at radius 2 is 2.04 bits per heavy atom. The van der Waals surface area contributed by atoms with E-state index in [9.17, 15) is 0 Å². The largest absolute Gasteiger partial charge is 0.497 e. The average molecular weight is 347 g/mol. The Kier molecular flexibility index (Phi) is 4.07. The predicted molar refractivity (Wildman–Crippen MR) is 103 cm³/mol. The number of ether oxygens (including phenoxy) is 1. The van der Waals surface area contributed by atoms with Crippen molar-refractivity contribution in [2.75, 3.05) is 7.11 Å². The van der Waals surface area contributed by atoms with E-state index in [0.717, 1.165) is 28.4 Å². The maximum atomic E-state index is 5.33. The minimum atomic E-state index is 0.794. The molecule has 0 unspecified atom stereocenters. The van der Waals surface area contributed by atoms with Gasteiger partial charge in [0.25, 0.3) is 0 Å². The maximum Gasteiger partial charge on any atom is 0.139 e. The van der Waals surface area contributed by atoms with E-state index < -0.39 is 0 Å². The minimum Gasteiger partial charge on any atom is -0.497 e. The van der Waals surface area contributed by atoms with Gasteiger partial charge in [0.2, 0.25) is 0 Å². The van der Waals surface area contributed by atoms with E-state index in [-0.39, 0.29) is 0 Å². The summed E-state index contributed by atoms with van der Waals surface area (Å²) >= 11 is 1.72. The van der Waals surface area contributed by atoms with E-state index in [4.69, 9.17) is 9.72 Å². The molecule has 3 heterocycles. The van der Waals surface area contributed by atoms with Crippen LogP contribution in [0.4, 0.5) is 0 Å². The standard InChI is InChI=1S/C20H17N3OS/c1-14-10-12-25-18(14)8-9-20-22-16-13-15(24-2)6-7-17(16)23(20)19-5-3-4-11-21-19/h3-13H,1-2H3. The van der Waals surface area contributed by atoms with E-state index in [1.165, 1.54) is 10.4 Å². The molecule has 5 heteroatoms. The number of imidazole rings is 1. The number of methoxy groups -OCH3 is 1. The third kappa shape index (κ3) is 2.94. The molecule has 0 saturated carbocycles. The summed E-state index contributed by atoms with van der Waals surface area (Å²) in [7, 11) is 1.66. The van der Waals surface area contributed by atoms with Gasteiger partial charge in [0.1, 0.15) is 17.4 Å². The van der Waals surface area contributed by atoms with Crippen molar-refractivity contribution in [2.24, 2.45) is 0 Å². The van der Waals surface area contributed by atoms with E-state index in [0.29, 0.717) is 0 Å². The van der Waals surface area contributed by atoms with E-state index in [2.05, 4.69) is 34.0 Å². The lowest BCUT2D eigenvalue weighted by Gasteiger charge is -2.06. The highest BCUT2D eigenvalue weighted by atomic mass is 32.1. The Bertz CT molecular complexity index is 1050. The van der Waals surface area contributed by atoms with Crippen molar-refractivity contribution in [1.29, 1.82) is 0 Å². The van der Waals surface area contributed by atoms with Crippen LogP contribution in [0.1, 0.15) is 16.3 Å². The van der Waals surface area contributed by atoms with Crippen LogP contribution in [-0.4, -0.2) is 21.6 Å². The number of thiophene rings is 1. The second-order valence-electron chi connectivity index (χ2n) is 5.65. The van der Waals surface area contributed by atoms with Crippen LogP contribution in [-0.2, 0) is 0 Å². The highest BCUT2D eigenvalue weighted by Gasteiger charge is 2.12. The molecule has 0 radical (unpaired) electrons. The third-order valence-electron chi connectivity index (χ3n) is 4.05. The van der Waals surface area contributed by atoms with Crippen LogP contribution >= 0.6 is 11.3 Å². The number of aromatic nitrogens is 3. The predicted octanol–water partition coefficient (Wildman–Crippen LogP) is 4.97. The zero-order chi connectivity index (χ0) is 17.2. The Morgan fingerprint density at radius 3 is 2.76 bits per heavy atom. The Balaban J connectivity index is 1.90. The number of fused-ring (bicyclic) bond motifs is 1. The molecular weight excluding hydrogens is 330 g/mol. The molecule has 4 aromatic rings. The molecule has 4 rings (SSSR count). The van der Waals surface area contributed by atoms with Gasteiger partial charge in [-0.3, -0.25) is 4.57 Å². The van der Waals surface area contributed by atoms with Crippen molar-refractivity contribution in [3.63, 3.8) is 0 Å². The SMILES string of the molecule is COc1ccc2c(c1)nc(C=Cc1sccc1C)n2-c1ccccn1. The molecule has 0 spiro atoms. The Morgan fingerprint density at radius 1 is 1.12 bits per heavy atom. The summed E-state index contributed by atoms with van der Waals surface area (Å²) in [5.74, 6) is 2.48. The van der Waals surface area contributed by atoms with Gasteiger partial charge < -0.3 is 4.74 Å². The fourth-order valence-electron chi connectivity index (χ4n) is 2.75. The molecule has 0 aliphatic heterocycles. The lowest BCUT2D eigenvalue weighted by Crippen LogP contribution is -1.99. The van der Waals surface area contributed by atoms with E-state index in [1.807, 2.05) is 42.5 Å². The third-order valence-corrected chi connectivity index (χ3v) is 5.04. The maximum absolute atomic E-state index is 5.33. The summed E-state index contributed by atoms with van der Waals surface area (Å²) in [5.41, 5.74) is 3.15. The number of benzene rings is 1. The summed E-state index contributed by atoms with van der Waals surface area (Å²) in [6.45, 7) is 2.11. The molecule has 0 amide bonds. The first-order valence-corrected chi connectivity index (χ1v) is 8.84. The normalized spacial score (nSPS) is 11.4. The average Bonchev–Trinajstić information content (AvgIpc) is 3.22. The summed E-state index contributed by atoms with van der Waals surface area (Å²) < 4.78 is 7.39. The second-order valence-corrected chi connectivity index (χ2v) is 6.60. The summed E-state index contributed by atoms with van der Waals surface area (Å²) in [4.78, 5) is 10.5. The summed E-state index contributed by atoms with van der Waals surface area (Å²) in [5, 5.41) is 2.10. The smallest absolute Gasteiger partial charge is 0.139 e. The number of hydrogen-bond acceptors (Lipinski definition) is 4. The molecule has 0 saturated heterocycles. The van der Waals surface area contributed by atoms with Crippen LogP contribution in [0.25, 0.3) is 29.0 Å². The molecule has 3 aromatic heterocycles. The molecular formula is C20H17N3OS. The van der Waals surface area contributed by atoms with Crippen molar-refractivity contribution in [3.05, 3.63) is 70.3 Å². The lowest BCUT2D eigenvalue weighted by atomic mass is 10.3. The Labute approximate surface area is 150 Å². The zero-order valence-electron chi connectivity index (χ0n) is 14.0. The number of rotatable bonds is 4. The van der Waals surface area contributed by atoms with Gasteiger partial charge in [0, 0.05) is 17.1 Å². The monoisotopic (exact) mass is 347 g/mol. The quantitative estimate of drug-likeness (QED) is 0.523. The van der Waals surface area contributed by atoms with Gasteiger partial charge in [0.05, 0.1) is 18.1 Å². The molecule has 0 aliphatic rings. The molecule has 1 aromatic carbocycles. The van der Waals surface area contributed by atoms with Crippen LogP contribution in [0.5, 0.6) is 5.75 Å². The van der Waals surface area contributed by atoms with Gasteiger partial charge in [-0.1, -0.05) is 6.07 Å². The Hall–Kier alpha value is -2.92. The van der Waals surface area contributed by atoms with Crippen LogP contribution in [0, 0.1) is 6.92 Å². The molecule has 0 aliphatic carbocycles. The molecule has 4 nitrogen and oxygen atoms in total. The van der Waals surface area contributed by atoms with Crippen molar-refractivity contribution in [3.8, 4) is 11.6 Å². The summed E-state index contributed by atoms with van der Waals surface area (Å²) in [6.07, 6.45) is 5.94. The van der Waals surface area contributed by atoms with Gasteiger partial charge in [-0.2, -0.15) is 0 Å². The van der Waals surface area contributed by atoms with Gasteiger partial charge in [-0.05, 0) is 60.4 Å². The first-order chi connectivity index (χ1) is 12.3. The van der Waals surface area contributed by atoms with Crippen LogP contribution in [0.15, 0.2) is 54.0 Å². The van der Waals surface area contributed by atoms with Crippen molar-refractivity contribution < 1.29 is 4.74 Å². The fourth-order valence-corrected chi connectivity index (χ4v) is 3.57. The zero-order valence-corrected chi connectivity index (χ0v) is 14.8. The number of pyridine rings is 1. The highest BCUT2D eigenvalue weighted by Crippen LogP contribution is 2.26. The topological polar surface area (TPSA) is 39.9 Å². The highest BCUT2D eigenvalue weighted by molar-refractivity contribution is 7.11. The minimum absolute atomic E-state index is 0.794. The van der Waals surface area contributed by atoms with Crippen LogP contribution < -0.4 is 4.74 Å². The number of aryl methyl sites for hydroxylation is 1. The second kappa shape index (κ2) is 6.53. The molecule has 25 heavy (non-hydrogen) atoms. The summed E-state index contributed by atoms with van der Waals surface area (Å²) in [6, 6.07) is 13.9. The molecule has 0 N–H and O–H groups in total. The molecule has 0 bridgehead atoms. The van der Waals surface area contributed by atoms with E-state index in [1.54, 1.807) is 24.6 Å². The van der Waals surface area contributed by atoms with Gasteiger partial charge in [-0.15, -0.1) is 11.3 Å². The van der Waals surface area contributed by atoms with Crippen molar-refractivity contribution >= 4 is 34.5 Å². The first-order valence-electron chi connectivity index (χ1n) is 7.96. The van der Waals surface area contributed by atoms with E-state index >= 15 is 0 Å². The van der Waals surface area contributed by atoms with Crippen molar-refractivity contribution in [1.82, 2.24) is 14.5 Å². The van der Waals surface area contributed by atoms with Gasteiger partial charge in [0.15, 0.2) is 0 Å². The van der Waals surface area contributed by atoms with Crippen LogP contribution in [0.2, 0.25) is 0 Å². The first kappa shape index (κ1) is 15.6. The number of nitrogens with zero attached hydrogens (tertiary/aromatic N) is 3. The lowest BCUT2D eigenvalue weighted by molar-refractivity contribution is 0.415. The van der Waals surface area contributed by atoms with Crippen molar-refractivity contribution in [2.45, 2.75) is 6.92 Å². The molecule has 124 valence electrons. The molecule has 0 fully saturated rings. The number of hydrogen-bond donors (Lipinski definition) is 0.